The molecule has 0 spiro atoms. The van der Waals surface area contributed by atoms with Crippen molar-refractivity contribution in [2.24, 2.45) is 0 Å². The molecule has 1 aliphatic heterocycles. The molecule has 1 heterocycles. The third-order valence-corrected chi connectivity index (χ3v) is 1.99. The number of nitrogens with one attached hydrogen (secondary N) is 2. The summed E-state index contributed by atoms with van der Waals surface area (Å²) >= 11 is 0. The molecule has 0 saturated carbocycles. The van der Waals surface area contributed by atoms with Gasteiger partial charge in [0, 0.05) is 19.0 Å². The van der Waals surface area contributed by atoms with Crippen LogP contribution < -0.4 is 10.6 Å². The maximum absolute atomic E-state index is 11.1. The first-order valence-electron chi connectivity index (χ1n) is 4.44. The van der Waals surface area contributed by atoms with E-state index >= 15 is 0 Å². The normalized spacial score (nSPS) is 23.2. The summed E-state index contributed by atoms with van der Waals surface area (Å²) in [6, 6.07) is 0.325. The van der Waals surface area contributed by atoms with Crippen LogP contribution in [0.15, 0.2) is 12.7 Å². The fourth-order valence-electron chi connectivity index (χ4n) is 1.39. The van der Waals surface area contributed by atoms with Gasteiger partial charge >= 0.3 is 0 Å². The van der Waals surface area contributed by atoms with Gasteiger partial charge in [0.2, 0.25) is 5.91 Å². The lowest BCUT2D eigenvalue weighted by Crippen LogP contribution is -2.45. The molecular weight excluding hydrogens is 152 g/mol. The standard InChI is InChI=1S/C9H16N2O/c1-2-4-9(12)11-8-5-3-6-10-7-8/h2,8,10H,1,3-7H2,(H,11,12)/t8-/m0/s1. The topological polar surface area (TPSA) is 41.1 Å². The Morgan fingerprint density at radius 2 is 2.58 bits per heavy atom. The van der Waals surface area contributed by atoms with Crippen molar-refractivity contribution >= 4 is 5.91 Å². The van der Waals surface area contributed by atoms with Gasteiger partial charge in [-0.1, -0.05) is 6.08 Å². The molecular formula is C9H16N2O. The highest BCUT2D eigenvalue weighted by molar-refractivity contribution is 5.77. The summed E-state index contributed by atoms with van der Waals surface area (Å²) < 4.78 is 0. The number of carbonyl (C=O) groups is 1. The zero-order valence-electron chi connectivity index (χ0n) is 7.31. The van der Waals surface area contributed by atoms with E-state index in [1.165, 1.54) is 0 Å². The molecule has 0 aliphatic carbocycles. The molecule has 12 heavy (non-hydrogen) atoms. The lowest BCUT2D eigenvalue weighted by Gasteiger charge is -2.23. The largest absolute Gasteiger partial charge is 0.352 e. The van der Waals surface area contributed by atoms with Crippen LogP contribution in [-0.4, -0.2) is 25.0 Å². The first-order chi connectivity index (χ1) is 5.83. The van der Waals surface area contributed by atoms with Crippen molar-refractivity contribution in [1.82, 2.24) is 10.6 Å². The Kier molecular flexibility index (Phi) is 3.80. The maximum atomic E-state index is 11.1. The SMILES string of the molecule is C=CCC(=O)N[C@H]1CCCNC1. The van der Waals surface area contributed by atoms with E-state index in [0.29, 0.717) is 12.5 Å². The molecule has 0 radical (unpaired) electrons. The Balaban J connectivity index is 2.19. The van der Waals surface area contributed by atoms with Crippen LogP contribution in [-0.2, 0) is 4.79 Å². The smallest absolute Gasteiger partial charge is 0.224 e. The molecule has 1 amide bonds. The lowest BCUT2D eigenvalue weighted by molar-refractivity contribution is -0.121. The van der Waals surface area contributed by atoms with Crippen molar-refractivity contribution in [2.75, 3.05) is 13.1 Å². The van der Waals surface area contributed by atoms with Gasteiger partial charge in [0.1, 0.15) is 0 Å². The molecule has 1 saturated heterocycles. The van der Waals surface area contributed by atoms with Crippen molar-refractivity contribution in [3.63, 3.8) is 0 Å². The Morgan fingerprint density at radius 3 is 3.17 bits per heavy atom. The zero-order chi connectivity index (χ0) is 8.81. The van der Waals surface area contributed by atoms with Crippen LogP contribution in [0.25, 0.3) is 0 Å². The van der Waals surface area contributed by atoms with Crippen LogP contribution in [0.1, 0.15) is 19.3 Å². The van der Waals surface area contributed by atoms with Gasteiger partial charge in [-0.15, -0.1) is 6.58 Å². The Labute approximate surface area is 73.2 Å². The second kappa shape index (κ2) is 4.93. The average molecular weight is 168 g/mol. The van der Waals surface area contributed by atoms with Gasteiger partial charge in [0.15, 0.2) is 0 Å². The van der Waals surface area contributed by atoms with E-state index in [-0.39, 0.29) is 5.91 Å². The summed E-state index contributed by atoms with van der Waals surface area (Å²) in [5, 5.41) is 6.19. The van der Waals surface area contributed by atoms with Crippen LogP contribution in [0.3, 0.4) is 0 Å². The summed E-state index contributed by atoms with van der Waals surface area (Å²) in [4.78, 5) is 11.1. The molecule has 0 unspecified atom stereocenters. The molecule has 0 aromatic heterocycles. The van der Waals surface area contributed by atoms with Crippen molar-refractivity contribution < 1.29 is 4.79 Å². The van der Waals surface area contributed by atoms with Crippen LogP contribution in [0.4, 0.5) is 0 Å². The number of hydrogen-bond donors (Lipinski definition) is 2. The summed E-state index contributed by atoms with van der Waals surface area (Å²) in [5.74, 6) is 0.0821. The van der Waals surface area contributed by atoms with Crippen LogP contribution in [0, 0.1) is 0 Å². The van der Waals surface area contributed by atoms with Crippen molar-refractivity contribution in [3.8, 4) is 0 Å². The minimum absolute atomic E-state index is 0.0821. The van der Waals surface area contributed by atoms with Gasteiger partial charge in [-0.25, -0.2) is 0 Å². The maximum Gasteiger partial charge on any atom is 0.224 e. The third kappa shape index (κ3) is 3.05. The Morgan fingerprint density at radius 1 is 1.75 bits per heavy atom. The first kappa shape index (κ1) is 9.26. The minimum atomic E-state index is 0.0821. The molecule has 1 rings (SSSR count). The number of piperidine rings is 1. The van der Waals surface area contributed by atoms with Crippen molar-refractivity contribution in [3.05, 3.63) is 12.7 Å². The quantitative estimate of drug-likeness (QED) is 0.600. The number of hydrogen-bond acceptors (Lipinski definition) is 2. The highest BCUT2D eigenvalue weighted by Gasteiger charge is 2.13. The molecule has 3 nitrogen and oxygen atoms in total. The third-order valence-electron chi connectivity index (χ3n) is 1.99. The number of amides is 1. The van der Waals surface area contributed by atoms with E-state index in [1.807, 2.05) is 0 Å². The monoisotopic (exact) mass is 168 g/mol. The summed E-state index contributed by atoms with van der Waals surface area (Å²) in [5.41, 5.74) is 0. The summed E-state index contributed by atoms with van der Waals surface area (Å²) in [6.45, 7) is 5.50. The minimum Gasteiger partial charge on any atom is -0.352 e. The predicted octanol–water partition coefficient (Wildman–Crippen LogP) is 0.431. The number of carbonyl (C=O) groups excluding carboxylic acids is 1. The molecule has 1 atom stereocenters. The Bertz CT molecular complexity index is 162. The second-order valence-corrected chi connectivity index (χ2v) is 3.10. The van der Waals surface area contributed by atoms with E-state index in [2.05, 4.69) is 17.2 Å². The van der Waals surface area contributed by atoms with Gasteiger partial charge in [0.05, 0.1) is 0 Å². The molecule has 3 heteroatoms. The lowest BCUT2D eigenvalue weighted by atomic mass is 10.1. The van der Waals surface area contributed by atoms with E-state index in [4.69, 9.17) is 0 Å². The van der Waals surface area contributed by atoms with Crippen molar-refractivity contribution in [1.29, 1.82) is 0 Å². The molecule has 2 N–H and O–H groups in total. The summed E-state index contributed by atoms with van der Waals surface area (Å²) in [6.07, 6.45) is 4.30. The summed E-state index contributed by atoms with van der Waals surface area (Å²) in [7, 11) is 0. The van der Waals surface area contributed by atoms with Gasteiger partial charge in [-0.05, 0) is 19.4 Å². The van der Waals surface area contributed by atoms with Crippen LogP contribution >= 0.6 is 0 Å². The molecule has 0 bridgehead atoms. The van der Waals surface area contributed by atoms with E-state index in [1.54, 1.807) is 6.08 Å². The molecule has 1 aliphatic rings. The Hall–Kier alpha value is -0.830. The fourth-order valence-corrected chi connectivity index (χ4v) is 1.39. The van der Waals surface area contributed by atoms with Gasteiger partial charge in [0.25, 0.3) is 0 Å². The second-order valence-electron chi connectivity index (χ2n) is 3.10. The predicted molar refractivity (Wildman–Crippen MR) is 48.8 cm³/mol. The zero-order valence-corrected chi connectivity index (χ0v) is 7.31. The van der Waals surface area contributed by atoms with Gasteiger partial charge in [-0.3, -0.25) is 4.79 Å². The molecule has 1 fully saturated rings. The molecule has 0 aromatic rings. The van der Waals surface area contributed by atoms with E-state index in [0.717, 1.165) is 25.9 Å². The highest BCUT2D eigenvalue weighted by atomic mass is 16.1. The molecule has 0 aromatic carbocycles. The van der Waals surface area contributed by atoms with Crippen LogP contribution in [0.2, 0.25) is 0 Å². The molecule has 68 valence electrons. The van der Waals surface area contributed by atoms with Crippen LogP contribution in [0.5, 0.6) is 0 Å². The van der Waals surface area contributed by atoms with E-state index < -0.39 is 0 Å². The van der Waals surface area contributed by atoms with Gasteiger partial charge in [-0.2, -0.15) is 0 Å². The average Bonchev–Trinajstić information content (AvgIpc) is 2.06. The number of rotatable bonds is 3. The van der Waals surface area contributed by atoms with E-state index in [9.17, 15) is 4.79 Å². The first-order valence-corrected chi connectivity index (χ1v) is 4.44. The van der Waals surface area contributed by atoms with Crippen molar-refractivity contribution in [2.45, 2.75) is 25.3 Å². The highest BCUT2D eigenvalue weighted by Crippen LogP contribution is 2.01. The van der Waals surface area contributed by atoms with Gasteiger partial charge < -0.3 is 10.6 Å². The fraction of sp³-hybridized carbons (Fsp3) is 0.667.